The molecule has 3 atom stereocenters. The maximum atomic E-state index is 13.3. The fraction of sp³-hybridized carbons (Fsp3) is 0.222. The van der Waals surface area contributed by atoms with Crippen molar-refractivity contribution in [1.29, 1.82) is 0 Å². The minimum Gasteiger partial charge on any atom is -0.486 e. The van der Waals surface area contributed by atoms with Crippen molar-refractivity contribution in [1.82, 2.24) is 0 Å². The van der Waals surface area contributed by atoms with E-state index in [0.29, 0.717) is 13.0 Å². The summed E-state index contributed by atoms with van der Waals surface area (Å²) in [4.78, 5) is 13.3. The van der Waals surface area contributed by atoms with Crippen LogP contribution in [0.1, 0.15) is 40.5 Å². The van der Waals surface area contributed by atoms with Gasteiger partial charge in [-0.3, -0.25) is 4.79 Å². The second-order valence-corrected chi connectivity index (χ2v) is 9.48. The number of anilines is 1. The van der Waals surface area contributed by atoms with Crippen LogP contribution < -0.4 is 14.8 Å². The third-order valence-corrected chi connectivity index (χ3v) is 7.59. The molecule has 0 saturated heterocycles. The highest BCUT2D eigenvalue weighted by molar-refractivity contribution is 9.10. The van der Waals surface area contributed by atoms with Crippen LogP contribution in [0, 0.1) is 6.92 Å². The molecule has 5 heteroatoms. The third kappa shape index (κ3) is 3.06. The van der Waals surface area contributed by atoms with Gasteiger partial charge in [-0.05, 0) is 53.4 Å². The summed E-state index contributed by atoms with van der Waals surface area (Å²) in [5.74, 6) is 1.32. The van der Waals surface area contributed by atoms with Crippen molar-refractivity contribution in [2.24, 2.45) is 0 Å². The van der Waals surface area contributed by atoms with Crippen LogP contribution in [0.5, 0.6) is 11.5 Å². The van der Waals surface area contributed by atoms with Crippen LogP contribution in [0.25, 0.3) is 6.08 Å². The van der Waals surface area contributed by atoms with E-state index in [1.165, 1.54) is 16.7 Å². The molecule has 4 nitrogen and oxygen atoms in total. The van der Waals surface area contributed by atoms with Crippen molar-refractivity contribution < 1.29 is 14.3 Å². The van der Waals surface area contributed by atoms with Gasteiger partial charge in [0.1, 0.15) is 12.7 Å². The quantitative estimate of drug-likeness (QED) is 0.477. The summed E-state index contributed by atoms with van der Waals surface area (Å²) in [7, 11) is 0. The molecule has 3 unspecified atom stereocenters. The largest absolute Gasteiger partial charge is 0.486 e. The van der Waals surface area contributed by atoms with Gasteiger partial charge in [0, 0.05) is 22.5 Å². The lowest BCUT2D eigenvalue weighted by Crippen LogP contribution is -2.31. The number of amides is 1. The van der Waals surface area contributed by atoms with E-state index in [2.05, 4.69) is 58.5 Å². The van der Waals surface area contributed by atoms with Crippen molar-refractivity contribution in [2.45, 2.75) is 31.3 Å². The molecule has 1 aliphatic carbocycles. The van der Waals surface area contributed by atoms with Crippen molar-refractivity contribution in [3.63, 3.8) is 0 Å². The van der Waals surface area contributed by atoms with E-state index in [1.807, 2.05) is 36.4 Å². The number of ether oxygens (including phenoxy) is 2. The Morgan fingerprint density at radius 3 is 2.66 bits per heavy atom. The Labute approximate surface area is 195 Å². The van der Waals surface area contributed by atoms with Gasteiger partial charge < -0.3 is 14.8 Å². The molecule has 2 aliphatic heterocycles. The summed E-state index contributed by atoms with van der Waals surface area (Å²) in [5, 5.41) is 3.12. The fourth-order valence-corrected chi connectivity index (χ4v) is 5.64. The molecule has 1 amide bonds. The lowest BCUT2D eigenvalue weighted by molar-refractivity contribution is -0.117. The predicted octanol–water partition coefficient (Wildman–Crippen LogP) is 6.20. The number of hydrogen-bond donors (Lipinski definition) is 1. The molecule has 0 aromatic heterocycles. The van der Waals surface area contributed by atoms with Crippen LogP contribution >= 0.6 is 15.9 Å². The van der Waals surface area contributed by atoms with Crippen LogP contribution in [0.3, 0.4) is 0 Å². The average molecular weight is 488 g/mol. The minimum atomic E-state index is -0.269. The maximum absolute atomic E-state index is 13.3. The Morgan fingerprint density at radius 2 is 1.78 bits per heavy atom. The predicted molar refractivity (Wildman–Crippen MR) is 128 cm³/mol. The monoisotopic (exact) mass is 487 g/mol. The molecule has 6 rings (SSSR count). The van der Waals surface area contributed by atoms with E-state index in [4.69, 9.17) is 9.47 Å². The summed E-state index contributed by atoms with van der Waals surface area (Å²) in [5.41, 5.74) is 6.71. The topological polar surface area (TPSA) is 47.6 Å². The number of carbonyl (C=O) groups excluding carboxylic acids is 1. The summed E-state index contributed by atoms with van der Waals surface area (Å²) in [6.07, 6.45) is 2.85. The first-order chi connectivity index (χ1) is 15.6. The number of hydrogen-bond acceptors (Lipinski definition) is 3. The molecular weight excluding hydrogens is 466 g/mol. The van der Waals surface area contributed by atoms with Crippen LogP contribution in [0.2, 0.25) is 0 Å². The zero-order valence-electron chi connectivity index (χ0n) is 17.6. The number of para-hydroxylation sites is 2. The first kappa shape index (κ1) is 19.6. The maximum Gasteiger partial charge on any atom is 0.232 e. The normalized spacial score (nSPS) is 22.8. The number of fused-ring (bicyclic) bond motifs is 3. The highest BCUT2D eigenvalue weighted by Gasteiger charge is 2.43. The fourth-order valence-electron chi connectivity index (χ4n) is 5.29. The molecule has 32 heavy (non-hydrogen) atoms. The van der Waals surface area contributed by atoms with Gasteiger partial charge in [0.05, 0.1) is 5.92 Å². The van der Waals surface area contributed by atoms with Gasteiger partial charge in [0.25, 0.3) is 0 Å². The molecular formula is C27H22BrNO3. The van der Waals surface area contributed by atoms with Crippen molar-refractivity contribution in [2.75, 3.05) is 11.9 Å². The van der Waals surface area contributed by atoms with Crippen LogP contribution in [-0.4, -0.2) is 18.6 Å². The first-order valence-corrected chi connectivity index (χ1v) is 11.7. The smallest absolute Gasteiger partial charge is 0.232 e. The SMILES string of the molecule is Cc1c(Br)ccc2c1C(C1C(CC3COc4ccccc4O3)=Cc3ccccc31)C(=O)N2. The molecule has 0 bridgehead atoms. The Kier molecular flexibility index (Phi) is 4.61. The zero-order valence-corrected chi connectivity index (χ0v) is 19.2. The summed E-state index contributed by atoms with van der Waals surface area (Å²) < 4.78 is 13.3. The van der Waals surface area contributed by atoms with Gasteiger partial charge in [0.2, 0.25) is 5.91 Å². The lowest BCUT2D eigenvalue weighted by atomic mass is 9.77. The molecule has 0 radical (unpaired) electrons. The van der Waals surface area contributed by atoms with Gasteiger partial charge in [-0.2, -0.15) is 0 Å². The van der Waals surface area contributed by atoms with E-state index < -0.39 is 0 Å². The lowest BCUT2D eigenvalue weighted by Gasteiger charge is -2.30. The van der Waals surface area contributed by atoms with Crippen LogP contribution in [0.4, 0.5) is 5.69 Å². The molecule has 0 saturated carbocycles. The van der Waals surface area contributed by atoms with Crippen molar-refractivity contribution >= 4 is 33.6 Å². The number of halogens is 1. The molecule has 0 fully saturated rings. The highest BCUT2D eigenvalue weighted by Crippen LogP contribution is 2.52. The summed E-state index contributed by atoms with van der Waals surface area (Å²) in [6, 6.07) is 20.2. The van der Waals surface area contributed by atoms with Gasteiger partial charge in [-0.15, -0.1) is 0 Å². The Balaban J connectivity index is 1.38. The molecule has 2 heterocycles. The number of benzene rings is 3. The van der Waals surface area contributed by atoms with E-state index in [-0.39, 0.29) is 23.8 Å². The van der Waals surface area contributed by atoms with E-state index in [0.717, 1.165) is 32.8 Å². The zero-order chi connectivity index (χ0) is 21.8. The number of rotatable bonds is 3. The second-order valence-electron chi connectivity index (χ2n) is 8.63. The molecule has 0 spiro atoms. The average Bonchev–Trinajstić information content (AvgIpc) is 3.32. The van der Waals surface area contributed by atoms with Crippen LogP contribution in [-0.2, 0) is 4.79 Å². The standard InChI is InChI=1S/C27H22BrNO3/c1-15-20(28)10-11-21-24(15)26(27(30)29-21)25-17(12-16-6-2-3-7-19(16)25)13-18-14-31-22-8-4-5-9-23(22)32-18/h2-12,18,25-26H,13-14H2,1H3,(H,29,30). The summed E-state index contributed by atoms with van der Waals surface area (Å²) in [6.45, 7) is 2.57. The summed E-state index contributed by atoms with van der Waals surface area (Å²) >= 11 is 3.66. The Hall–Kier alpha value is -3.05. The minimum absolute atomic E-state index is 0.0266. The number of nitrogens with one attached hydrogen (secondary N) is 1. The first-order valence-electron chi connectivity index (χ1n) is 10.9. The van der Waals surface area contributed by atoms with Crippen molar-refractivity contribution in [3.8, 4) is 11.5 Å². The Bertz CT molecular complexity index is 1280. The molecule has 3 aliphatic rings. The van der Waals surface area contributed by atoms with E-state index in [9.17, 15) is 4.79 Å². The second kappa shape index (κ2) is 7.52. The van der Waals surface area contributed by atoms with Gasteiger partial charge in [-0.1, -0.05) is 64.0 Å². The molecule has 3 aromatic rings. The van der Waals surface area contributed by atoms with Gasteiger partial charge >= 0.3 is 0 Å². The molecule has 160 valence electrons. The van der Waals surface area contributed by atoms with E-state index >= 15 is 0 Å². The molecule has 1 N–H and O–H groups in total. The molecule has 3 aromatic carbocycles. The van der Waals surface area contributed by atoms with Gasteiger partial charge in [0.15, 0.2) is 11.5 Å². The third-order valence-electron chi connectivity index (χ3n) is 6.74. The number of carbonyl (C=O) groups is 1. The van der Waals surface area contributed by atoms with Crippen molar-refractivity contribution in [3.05, 3.63) is 93.0 Å². The Morgan fingerprint density at radius 1 is 1.00 bits per heavy atom. The van der Waals surface area contributed by atoms with Gasteiger partial charge in [-0.25, -0.2) is 0 Å². The highest BCUT2D eigenvalue weighted by atomic mass is 79.9. The van der Waals surface area contributed by atoms with E-state index in [1.54, 1.807) is 0 Å². The van der Waals surface area contributed by atoms with Crippen LogP contribution in [0.15, 0.2) is 70.7 Å².